The van der Waals surface area contributed by atoms with Crippen molar-refractivity contribution in [1.82, 2.24) is 14.9 Å². The maximum absolute atomic E-state index is 11.7. The number of aryl methyl sites for hydroxylation is 1. The van der Waals surface area contributed by atoms with Crippen molar-refractivity contribution in [3.05, 3.63) is 41.9 Å². The van der Waals surface area contributed by atoms with Gasteiger partial charge >= 0.3 is 0 Å². The highest BCUT2D eigenvalue weighted by Crippen LogP contribution is 2.05. The first-order valence-electron chi connectivity index (χ1n) is 6.52. The number of aromatic nitrogens is 2. The molecule has 0 fully saturated rings. The second kappa shape index (κ2) is 6.91. The molecule has 0 aliphatic carbocycles. The molecule has 108 valence electrons. The summed E-state index contributed by atoms with van der Waals surface area (Å²) in [5, 5.41) is 2.84. The summed E-state index contributed by atoms with van der Waals surface area (Å²) in [6.45, 7) is 3.96. The Kier molecular flexibility index (Phi) is 4.95. The Morgan fingerprint density at radius 1 is 1.55 bits per heavy atom. The fraction of sp³-hybridized carbons (Fsp3) is 0.429. The Morgan fingerprint density at radius 2 is 2.40 bits per heavy atom. The molecule has 0 spiro atoms. The maximum atomic E-state index is 11.7. The van der Waals surface area contributed by atoms with Crippen LogP contribution in [0.15, 0.2) is 29.2 Å². The van der Waals surface area contributed by atoms with Crippen LogP contribution in [0, 0.1) is 6.92 Å². The van der Waals surface area contributed by atoms with Gasteiger partial charge in [0.2, 0.25) is 0 Å². The standard InChI is InChI=1S/C14H19N3O3/c1-11-9-16-13(17(11)6-8-19-2)3-5-15-14(18)12-4-7-20-10-12/h4,7,9-10H,3,5-6,8H2,1-2H3,(H,15,18). The zero-order valence-corrected chi connectivity index (χ0v) is 11.8. The van der Waals surface area contributed by atoms with E-state index in [1.165, 1.54) is 12.5 Å². The molecule has 2 aromatic heterocycles. The first-order chi connectivity index (χ1) is 9.72. The Bertz CT molecular complexity index is 546. The Balaban J connectivity index is 1.86. The largest absolute Gasteiger partial charge is 0.472 e. The SMILES string of the molecule is COCCn1c(C)cnc1CCNC(=O)c1ccoc1. The van der Waals surface area contributed by atoms with E-state index in [0.29, 0.717) is 25.1 Å². The molecule has 0 atom stereocenters. The van der Waals surface area contributed by atoms with Crippen LogP contribution >= 0.6 is 0 Å². The van der Waals surface area contributed by atoms with Crippen molar-refractivity contribution in [3.8, 4) is 0 Å². The molecule has 2 rings (SSSR count). The van der Waals surface area contributed by atoms with E-state index in [0.717, 1.165) is 18.1 Å². The van der Waals surface area contributed by atoms with Crippen molar-refractivity contribution in [1.29, 1.82) is 0 Å². The van der Waals surface area contributed by atoms with Gasteiger partial charge in [0.15, 0.2) is 0 Å². The number of nitrogens with one attached hydrogen (secondary N) is 1. The summed E-state index contributed by atoms with van der Waals surface area (Å²) in [5.41, 5.74) is 1.63. The molecule has 0 radical (unpaired) electrons. The van der Waals surface area contributed by atoms with Crippen molar-refractivity contribution in [2.75, 3.05) is 20.3 Å². The van der Waals surface area contributed by atoms with Gasteiger partial charge in [0.1, 0.15) is 12.1 Å². The van der Waals surface area contributed by atoms with Gasteiger partial charge in [-0.15, -0.1) is 0 Å². The molecular formula is C14H19N3O3. The number of imidazole rings is 1. The lowest BCUT2D eigenvalue weighted by Crippen LogP contribution is -2.26. The van der Waals surface area contributed by atoms with Crippen LogP contribution in [0.3, 0.4) is 0 Å². The third kappa shape index (κ3) is 3.48. The summed E-state index contributed by atoms with van der Waals surface area (Å²) < 4.78 is 12.1. The van der Waals surface area contributed by atoms with Crippen molar-refractivity contribution in [3.63, 3.8) is 0 Å². The lowest BCUT2D eigenvalue weighted by Gasteiger charge is -2.09. The van der Waals surface area contributed by atoms with Gasteiger partial charge in [0, 0.05) is 38.5 Å². The van der Waals surface area contributed by atoms with Gasteiger partial charge in [-0.1, -0.05) is 0 Å². The van der Waals surface area contributed by atoms with E-state index >= 15 is 0 Å². The van der Waals surface area contributed by atoms with Crippen molar-refractivity contribution < 1.29 is 13.9 Å². The number of methoxy groups -OCH3 is 1. The summed E-state index contributed by atoms with van der Waals surface area (Å²) in [7, 11) is 1.68. The highest BCUT2D eigenvalue weighted by molar-refractivity contribution is 5.93. The van der Waals surface area contributed by atoms with Gasteiger partial charge < -0.3 is 19.0 Å². The monoisotopic (exact) mass is 277 g/mol. The number of hydrogen-bond donors (Lipinski definition) is 1. The second-order valence-corrected chi connectivity index (χ2v) is 4.48. The van der Waals surface area contributed by atoms with Crippen molar-refractivity contribution in [2.45, 2.75) is 19.9 Å². The van der Waals surface area contributed by atoms with Gasteiger partial charge in [-0.3, -0.25) is 4.79 Å². The van der Waals surface area contributed by atoms with E-state index in [1.807, 2.05) is 13.1 Å². The average Bonchev–Trinajstić information content (AvgIpc) is 3.07. The zero-order chi connectivity index (χ0) is 14.4. The summed E-state index contributed by atoms with van der Waals surface area (Å²) in [4.78, 5) is 16.1. The number of nitrogens with zero attached hydrogens (tertiary/aromatic N) is 2. The van der Waals surface area contributed by atoms with E-state index in [-0.39, 0.29) is 5.91 Å². The van der Waals surface area contributed by atoms with Crippen LogP contribution in [-0.4, -0.2) is 35.7 Å². The minimum atomic E-state index is -0.134. The van der Waals surface area contributed by atoms with E-state index in [9.17, 15) is 4.79 Å². The topological polar surface area (TPSA) is 69.3 Å². The molecule has 2 aromatic rings. The minimum Gasteiger partial charge on any atom is -0.472 e. The number of carbonyl (C=O) groups is 1. The number of hydrogen-bond acceptors (Lipinski definition) is 4. The molecule has 1 amide bonds. The minimum absolute atomic E-state index is 0.134. The molecule has 20 heavy (non-hydrogen) atoms. The third-order valence-electron chi connectivity index (χ3n) is 3.07. The number of ether oxygens (including phenoxy) is 1. The Labute approximate surface area is 117 Å². The highest BCUT2D eigenvalue weighted by Gasteiger charge is 2.09. The number of carbonyl (C=O) groups excluding carboxylic acids is 1. The molecule has 6 heteroatoms. The van der Waals surface area contributed by atoms with Gasteiger partial charge in [-0.2, -0.15) is 0 Å². The molecular weight excluding hydrogens is 258 g/mol. The normalized spacial score (nSPS) is 10.7. The fourth-order valence-corrected chi connectivity index (χ4v) is 1.98. The Hall–Kier alpha value is -2.08. The molecule has 2 heterocycles. The molecule has 0 saturated heterocycles. The van der Waals surface area contributed by atoms with Crippen LogP contribution < -0.4 is 5.32 Å². The molecule has 0 aliphatic rings. The molecule has 0 aliphatic heterocycles. The van der Waals surface area contributed by atoms with E-state index in [4.69, 9.17) is 9.15 Å². The molecule has 1 N–H and O–H groups in total. The highest BCUT2D eigenvalue weighted by atomic mass is 16.5. The van der Waals surface area contributed by atoms with Crippen LogP contribution in [0.25, 0.3) is 0 Å². The number of furan rings is 1. The van der Waals surface area contributed by atoms with Crippen LogP contribution in [-0.2, 0) is 17.7 Å². The van der Waals surface area contributed by atoms with E-state index in [2.05, 4.69) is 14.9 Å². The van der Waals surface area contributed by atoms with Crippen molar-refractivity contribution >= 4 is 5.91 Å². The summed E-state index contributed by atoms with van der Waals surface area (Å²) in [5.74, 6) is 0.817. The second-order valence-electron chi connectivity index (χ2n) is 4.48. The van der Waals surface area contributed by atoms with Crippen LogP contribution in [0.1, 0.15) is 21.9 Å². The quantitative estimate of drug-likeness (QED) is 0.830. The first kappa shape index (κ1) is 14.3. The lowest BCUT2D eigenvalue weighted by atomic mass is 10.3. The Morgan fingerprint density at radius 3 is 3.10 bits per heavy atom. The summed E-state index contributed by atoms with van der Waals surface area (Å²) in [6, 6.07) is 1.64. The maximum Gasteiger partial charge on any atom is 0.254 e. The molecule has 0 aromatic carbocycles. The van der Waals surface area contributed by atoms with Crippen LogP contribution in [0.2, 0.25) is 0 Å². The van der Waals surface area contributed by atoms with Crippen molar-refractivity contribution in [2.24, 2.45) is 0 Å². The first-order valence-corrected chi connectivity index (χ1v) is 6.52. The predicted molar refractivity (Wildman–Crippen MR) is 73.6 cm³/mol. The fourth-order valence-electron chi connectivity index (χ4n) is 1.98. The van der Waals surface area contributed by atoms with Crippen LogP contribution in [0.4, 0.5) is 0 Å². The molecule has 0 unspecified atom stereocenters. The molecule has 6 nitrogen and oxygen atoms in total. The van der Waals surface area contributed by atoms with E-state index < -0.39 is 0 Å². The lowest BCUT2D eigenvalue weighted by molar-refractivity contribution is 0.0953. The molecule has 0 bridgehead atoms. The van der Waals surface area contributed by atoms with Gasteiger partial charge in [0.25, 0.3) is 5.91 Å². The van der Waals surface area contributed by atoms with Gasteiger partial charge in [0.05, 0.1) is 18.4 Å². The number of rotatable bonds is 7. The molecule has 0 saturated carbocycles. The average molecular weight is 277 g/mol. The van der Waals surface area contributed by atoms with Crippen LogP contribution in [0.5, 0.6) is 0 Å². The van der Waals surface area contributed by atoms with Gasteiger partial charge in [-0.05, 0) is 13.0 Å². The third-order valence-corrected chi connectivity index (χ3v) is 3.07. The predicted octanol–water partition coefficient (Wildman–Crippen LogP) is 1.40. The smallest absolute Gasteiger partial charge is 0.254 e. The van der Waals surface area contributed by atoms with E-state index in [1.54, 1.807) is 13.2 Å². The van der Waals surface area contributed by atoms with Gasteiger partial charge in [-0.25, -0.2) is 4.98 Å². The number of amides is 1. The zero-order valence-electron chi connectivity index (χ0n) is 11.8. The summed E-state index contributed by atoms with van der Waals surface area (Å²) in [6.07, 6.45) is 5.43. The summed E-state index contributed by atoms with van der Waals surface area (Å²) >= 11 is 0.